The van der Waals surface area contributed by atoms with Crippen molar-refractivity contribution in [2.75, 3.05) is 11.1 Å². The number of carbonyl (C=O) groups is 1. The van der Waals surface area contributed by atoms with E-state index in [1.54, 1.807) is 36.4 Å². The summed E-state index contributed by atoms with van der Waals surface area (Å²) in [7, 11) is 0. The fraction of sp³-hybridized carbons (Fsp3) is 0.0588. The molecule has 0 aliphatic rings. The van der Waals surface area contributed by atoms with Gasteiger partial charge in [0.2, 0.25) is 5.91 Å². The first-order valence-electron chi connectivity index (χ1n) is 7.34. The molecule has 0 spiro atoms. The SMILES string of the molecule is N#Cc1ccccc1NC(=O)CSc1nn(-c2ccc(F)cc2)c(=S)s1. The molecule has 0 fully saturated rings. The van der Waals surface area contributed by atoms with Crippen LogP contribution in [0.25, 0.3) is 5.69 Å². The van der Waals surface area contributed by atoms with Gasteiger partial charge in [-0.3, -0.25) is 4.79 Å². The van der Waals surface area contributed by atoms with Gasteiger partial charge in [0.1, 0.15) is 11.9 Å². The number of halogens is 1. The minimum atomic E-state index is -0.334. The molecule has 3 rings (SSSR count). The fourth-order valence-electron chi connectivity index (χ4n) is 2.07. The monoisotopic (exact) mass is 402 g/mol. The van der Waals surface area contributed by atoms with Gasteiger partial charge in [-0.1, -0.05) is 35.2 Å². The maximum absolute atomic E-state index is 13.0. The van der Waals surface area contributed by atoms with Gasteiger partial charge in [0, 0.05) is 0 Å². The van der Waals surface area contributed by atoms with Gasteiger partial charge in [0.25, 0.3) is 0 Å². The number of aromatic nitrogens is 2. The lowest BCUT2D eigenvalue weighted by atomic mass is 10.2. The predicted octanol–water partition coefficient (Wildman–Crippen LogP) is 4.40. The Bertz CT molecular complexity index is 1040. The van der Waals surface area contributed by atoms with E-state index in [1.807, 2.05) is 6.07 Å². The molecule has 26 heavy (non-hydrogen) atoms. The van der Waals surface area contributed by atoms with Crippen LogP contribution < -0.4 is 5.32 Å². The summed E-state index contributed by atoms with van der Waals surface area (Å²) in [5, 5.41) is 16.1. The summed E-state index contributed by atoms with van der Waals surface area (Å²) in [6.07, 6.45) is 0. The highest BCUT2D eigenvalue weighted by molar-refractivity contribution is 8.01. The number of nitriles is 1. The summed E-state index contributed by atoms with van der Waals surface area (Å²) >= 11 is 7.80. The molecule has 2 aromatic carbocycles. The van der Waals surface area contributed by atoms with E-state index in [4.69, 9.17) is 17.5 Å². The van der Waals surface area contributed by atoms with Crippen molar-refractivity contribution in [3.8, 4) is 11.8 Å². The largest absolute Gasteiger partial charge is 0.324 e. The van der Waals surface area contributed by atoms with Crippen LogP contribution in [0.5, 0.6) is 0 Å². The van der Waals surface area contributed by atoms with Crippen molar-refractivity contribution in [1.82, 2.24) is 9.78 Å². The third-order valence-electron chi connectivity index (χ3n) is 3.25. The van der Waals surface area contributed by atoms with Crippen LogP contribution in [0.2, 0.25) is 0 Å². The minimum absolute atomic E-state index is 0.130. The topological polar surface area (TPSA) is 70.7 Å². The summed E-state index contributed by atoms with van der Waals surface area (Å²) in [6, 6.07) is 14.7. The number of anilines is 1. The summed E-state index contributed by atoms with van der Waals surface area (Å²) < 4.78 is 15.7. The Kier molecular flexibility index (Phi) is 5.78. The van der Waals surface area contributed by atoms with Gasteiger partial charge in [-0.2, -0.15) is 5.26 Å². The number of nitrogens with one attached hydrogen (secondary N) is 1. The van der Waals surface area contributed by atoms with E-state index in [0.29, 0.717) is 25.2 Å². The van der Waals surface area contributed by atoms with E-state index in [0.717, 1.165) is 0 Å². The molecule has 0 aliphatic carbocycles. The number of nitrogens with zero attached hydrogens (tertiary/aromatic N) is 3. The average Bonchev–Trinajstić information content (AvgIpc) is 3.02. The fourth-order valence-corrected chi connectivity index (χ4v) is 4.23. The summed E-state index contributed by atoms with van der Waals surface area (Å²) in [5.74, 6) is -0.447. The lowest BCUT2D eigenvalue weighted by Crippen LogP contribution is -2.14. The van der Waals surface area contributed by atoms with Crippen molar-refractivity contribution in [3.63, 3.8) is 0 Å². The van der Waals surface area contributed by atoms with Crippen molar-refractivity contribution < 1.29 is 9.18 Å². The van der Waals surface area contributed by atoms with Crippen molar-refractivity contribution in [3.05, 3.63) is 63.9 Å². The van der Waals surface area contributed by atoms with E-state index in [2.05, 4.69) is 10.4 Å². The molecular weight excluding hydrogens is 391 g/mol. The van der Waals surface area contributed by atoms with E-state index in [1.165, 1.54) is 39.9 Å². The number of benzene rings is 2. The molecule has 1 heterocycles. The number of hydrogen-bond donors (Lipinski definition) is 1. The van der Waals surface area contributed by atoms with Gasteiger partial charge in [0.15, 0.2) is 8.29 Å². The number of rotatable bonds is 5. The molecule has 0 aliphatic heterocycles. The summed E-state index contributed by atoms with van der Waals surface area (Å²) in [6.45, 7) is 0. The minimum Gasteiger partial charge on any atom is -0.324 e. The van der Waals surface area contributed by atoms with E-state index < -0.39 is 0 Å². The van der Waals surface area contributed by atoms with Crippen molar-refractivity contribution in [2.24, 2.45) is 0 Å². The van der Waals surface area contributed by atoms with Crippen LogP contribution in [-0.4, -0.2) is 21.4 Å². The Hall–Kier alpha value is -2.54. The first kappa shape index (κ1) is 18.3. The third kappa shape index (κ3) is 4.35. The van der Waals surface area contributed by atoms with Gasteiger partial charge in [-0.05, 0) is 48.6 Å². The number of hydrogen-bond acceptors (Lipinski definition) is 6. The van der Waals surface area contributed by atoms with Crippen LogP contribution in [0.4, 0.5) is 10.1 Å². The van der Waals surface area contributed by atoms with Crippen LogP contribution >= 0.6 is 35.3 Å². The quantitative estimate of drug-likeness (QED) is 0.506. The van der Waals surface area contributed by atoms with Crippen molar-refractivity contribution in [2.45, 2.75) is 4.34 Å². The van der Waals surface area contributed by atoms with Crippen LogP contribution in [0.3, 0.4) is 0 Å². The normalized spacial score (nSPS) is 10.3. The second-order valence-corrected chi connectivity index (χ2v) is 7.86. The van der Waals surface area contributed by atoms with Gasteiger partial charge in [0.05, 0.1) is 22.7 Å². The Morgan fingerprint density at radius 3 is 2.77 bits per heavy atom. The molecule has 130 valence electrons. The summed E-state index contributed by atoms with van der Waals surface area (Å²) in [4.78, 5) is 12.1. The highest BCUT2D eigenvalue weighted by atomic mass is 32.2. The number of thioether (sulfide) groups is 1. The molecule has 5 nitrogen and oxygen atoms in total. The maximum Gasteiger partial charge on any atom is 0.234 e. The molecular formula is C17H11FN4OS3. The zero-order valence-electron chi connectivity index (χ0n) is 13.2. The van der Waals surface area contributed by atoms with Gasteiger partial charge in [-0.25, -0.2) is 9.07 Å². The van der Waals surface area contributed by atoms with Gasteiger partial charge in [-0.15, -0.1) is 5.10 Å². The van der Waals surface area contributed by atoms with Crippen LogP contribution in [0.1, 0.15) is 5.56 Å². The number of amides is 1. The molecule has 0 radical (unpaired) electrons. The molecule has 3 aromatic rings. The lowest BCUT2D eigenvalue weighted by molar-refractivity contribution is -0.113. The predicted molar refractivity (Wildman–Crippen MR) is 103 cm³/mol. The average molecular weight is 403 g/mol. The van der Waals surface area contributed by atoms with Gasteiger partial charge < -0.3 is 5.32 Å². The standard InChI is InChI=1S/C17H11FN4OS3/c18-12-5-7-13(8-6-12)22-17(24)26-16(21-22)25-10-15(23)20-14-4-2-1-3-11(14)9-19/h1-8H,10H2,(H,20,23). The Morgan fingerprint density at radius 1 is 1.31 bits per heavy atom. The zero-order valence-corrected chi connectivity index (χ0v) is 15.6. The van der Waals surface area contributed by atoms with Gasteiger partial charge >= 0.3 is 0 Å². The molecule has 0 bridgehead atoms. The first-order valence-corrected chi connectivity index (χ1v) is 9.56. The molecule has 0 saturated carbocycles. The Morgan fingerprint density at radius 2 is 2.04 bits per heavy atom. The molecule has 1 aromatic heterocycles. The van der Waals surface area contributed by atoms with Crippen LogP contribution in [0, 0.1) is 21.1 Å². The Labute approximate surface area is 162 Å². The summed E-state index contributed by atoms with van der Waals surface area (Å²) in [5.41, 5.74) is 1.54. The van der Waals surface area contributed by atoms with E-state index >= 15 is 0 Å². The molecule has 9 heteroatoms. The lowest BCUT2D eigenvalue weighted by Gasteiger charge is -2.05. The Balaban J connectivity index is 1.66. The maximum atomic E-state index is 13.0. The van der Waals surface area contributed by atoms with Crippen molar-refractivity contribution >= 4 is 46.9 Å². The van der Waals surface area contributed by atoms with Crippen LogP contribution in [0.15, 0.2) is 52.9 Å². The highest BCUT2D eigenvalue weighted by Crippen LogP contribution is 2.24. The van der Waals surface area contributed by atoms with Crippen molar-refractivity contribution in [1.29, 1.82) is 5.26 Å². The first-order chi connectivity index (χ1) is 12.6. The van der Waals surface area contributed by atoms with E-state index in [-0.39, 0.29) is 17.5 Å². The smallest absolute Gasteiger partial charge is 0.234 e. The number of para-hydroxylation sites is 1. The number of carbonyl (C=O) groups excluding carboxylic acids is 1. The molecule has 0 saturated heterocycles. The van der Waals surface area contributed by atoms with Crippen LogP contribution in [-0.2, 0) is 4.79 Å². The third-order valence-corrected chi connectivity index (χ3v) is 5.61. The molecule has 1 amide bonds. The molecule has 0 atom stereocenters. The second-order valence-electron chi connectivity index (χ2n) is 5.02. The highest BCUT2D eigenvalue weighted by Gasteiger charge is 2.11. The zero-order chi connectivity index (χ0) is 18.5. The molecule has 0 unspecified atom stereocenters. The van der Waals surface area contributed by atoms with E-state index in [9.17, 15) is 9.18 Å². The molecule has 1 N–H and O–H groups in total. The second kappa shape index (κ2) is 8.23.